The zero-order chi connectivity index (χ0) is 25.2. The van der Waals surface area contributed by atoms with Crippen LogP contribution in [0.2, 0.25) is 0 Å². The number of hydrogen-bond donors (Lipinski definition) is 1. The van der Waals surface area contributed by atoms with Gasteiger partial charge in [-0.05, 0) is 59.7 Å². The van der Waals surface area contributed by atoms with E-state index in [-0.39, 0.29) is 18.0 Å². The molecule has 0 radical (unpaired) electrons. The molecule has 0 saturated heterocycles. The number of rotatable bonds is 10. The van der Waals surface area contributed by atoms with Gasteiger partial charge in [-0.3, -0.25) is 4.79 Å². The molecule has 36 heavy (non-hydrogen) atoms. The zero-order valence-corrected chi connectivity index (χ0v) is 19.4. The first kappa shape index (κ1) is 24.5. The average Bonchev–Trinajstić information content (AvgIpc) is 2.92. The molecule has 1 N–H and O–H groups in total. The molecule has 0 aromatic heterocycles. The normalized spacial score (nSPS) is 10.4. The summed E-state index contributed by atoms with van der Waals surface area (Å²) in [5, 5.41) is 2.68. The van der Waals surface area contributed by atoms with Gasteiger partial charge >= 0.3 is 5.97 Å². The van der Waals surface area contributed by atoms with Crippen molar-refractivity contribution in [1.29, 1.82) is 0 Å². The van der Waals surface area contributed by atoms with Gasteiger partial charge < -0.3 is 19.5 Å². The molecular formula is C29H24FNO5. The Morgan fingerprint density at radius 1 is 0.694 bits per heavy atom. The summed E-state index contributed by atoms with van der Waals surface area (Å²) in [6.07, 6.45) is 0. The number of esters is 1. The van der Waals surface area contributed by atoms with E-state index in [2.05, 4.69) is 5.32 Å². The van der Waals surface area contributed by atoms with Gasteiger partial charge in [-0.2, -0.15) is 0 Å². The third kappa shape index (κ3) is 7.17. The van der Waals surface area contributed by atoms with Crippen molar-refractivity contribution in [2.75, 3.05) is 11.9 Å². The first-order valence-electron chi connectivity index (χ1n) is 11.3. The largest absolute Gasteiger partial charge is 0.489 e. The molecule has 7 heteroatoms. The number of amides is 1. The van der Waals surface area contributed by atoms with E-state index in [1.165, 1.54) is 12.1 Å². The van der Waals surface area contributed by atoms with E-state index in [1.54, 1.807) is 60.7 Å². The number of ether oxygens (including phenoxy) is 3. The highest BCUT2D eigenvalue weighted by Crippen LogP contribution is 2.21. The van der Waals surface area contributed by atoms with Gasteiger partial charge in [0.25, 0.3) is 5.91 Å². The van der Waals surface area contributed by atoms with Crippen molar-refractivity contribution in [3.05, 3.63) is 126 Å². The Labute approximate surface area is 208 Å². The van der Waals surface area contributed by atoms with Crippen LogP contribution in [0.1, 0.15) is 21.5 Å². The summed E-state index contributed by atoms with van der Waals surface area (Å²) < 4.78 is 29.7. The molecule has 4 aromatic carbocycles. The van der Waals surface area contributed by atoms with Crippen LogP contribution in [0.15, 0.2) is 103 Å². The monoisotopic (exact) mass is 485 g/mol. The molecule has 0 aliphatic heterocycles. The highest BCUT2D eigenvalue weighted by atomic mass is 19.1. The minimum atomic E-state index is -0.690. The lowest BCUT2D eigenvalue weighted by Gasteiger charge is -2.12. The number of carbonyl (C=O) groups excluding carboxylic acids is 2. The Morgan fingerprint density at radius 2 is 1.33 bits per heavy atom. The van der Waals surface area contributed by atoms with Crippen molar-refractivity contribution in [3.63, 3.8) is 0 Å². The van der Waals surface area contributed by atoms with Crippen LogP contribution in [0, 0.1) is 5.82 Å². The summed E-state index contributed by atoms with van der Waals surface area (Å²) in [5.41, 5.74) is 2.54. The van der Waals surface area contributed by atoms with Crippen LogP contribution in [0.3, 0.4) is 0 Å². The van der Waals surface area contributed by atoms with E-state index in [1.807, 2.05) is 30.3 Å². The van der Waals surface area contributed by atoms with Gasteiger partial charge in [0.2, 0.25) is 0 Å². The van der Waals surface area contributed by atoms with Crippen molar-refractivity contribution in [2.45, 2.75) is 13.2 Å². The van der Waals surface area contributed by atoms with Crippen LogP contribution in [0.25, 0.3) is 0 Å². The predicted octanol–water partition coefficient (Wildman–Crippen LogP) is 5.78. The molecule has 6 nitrogen and oxygen atoms in total. The van der Waals surface area contributed by atoms with Gasteiger partial charge in [0.05, 0.1) is 0 Å². The number of para-hydroxylation sites is 1. The van der Waals surface area contributed by atoms with E-state index in [0.717, 1.165) is 11.1 Å². The van der Waals surface area contributed by atoms with Crippen LogP contribution in [0.4, 0.5) is 10.1 Å². The molecule has 0 spiro atoms. The number of nitrogens with one attached hydrogen (secondary N) is 1. The molecule has 1 amide bonds. The standard InChI is InChI=1S/C29H24FNO5/c30-23-12-10-22(11-13-23)19-35-27-9-5-4-8-26(27)29(33)36-20-28(32)31-24-14-16-25(17-15-24)34-18-21-6-2-1-3-7-21/h1-17H,18-20H2,(H,31,32). The molecule has 0 aliphatic carbocycles. The Hall–Kier alpha value is -4.65. The van der Waals surface area contributed by atoms with E-state index in [9.17, 15) is 14.0 Å². The van der Waals surface area contributed by atoms with Crippen LogP contribution >= 0.6 is 0 Å². The van der Waals surface area contributed by atoms with Crippen molar-refractivity contribution in [1.82, 2.24) is 0 Å². The van der Waals surface area contributed by atoms with Gasteiger partial charge in [0.15, 0.2) is 6.61 Å². The number of carbonyl (C=O) groups is 2. The summed E-state index contributed by atoms with van der Waals surface area (Å²) >= 11 is 0. The molecular weight excluding hydrogens is 461 g/mol. The first-order chi connectivity index (χ1) is 17.6. The molecule has 0 fully saturated rings. The maximum absolute atomic E-state index is 13.1. The fraction of sp³-hybridized carbons (Fsp3) is 0.103. The Bertz CT molecular complexity index is 1290. The number of anilines is 1. The quantitative estimate of drug-likeness (QED) is 0.288. The maximum atomic E-state index is 13.1. The minimum absolute atomic E-state index is 0.149. The van der Waals surface area contributed by atoms with E-state index in [0.29, 0.717) is 23.8 Å². The van der Waals surface area contributed by atoms with Crippen LogP contribution in [-0.4, -0.2) is 18.5 Å². The minimum Gasteiger partial charge on any atom is -0.489 e. The number of hydrogen-bond acceptors (Lipinski definition) is 5. The van der Waals surface area contributed by atoms with E-state index >= 15 is 0 Å². The molecule has 0 atom stereocenters. The lowest BCUT2D eigenvalue weighted by Crippen LogP contribution is -2.21. The Balaban J connectivity index is 1.25. The summed E-state index contributed by atoms with van der Waals surface area (Å²) in [4.78, 5) is 24.8. The molecule has 182 valence electrons. The maximum Gasteiger partial charge on any atom is 0.342 e. The summed E-state index contributed by atoms with van der Waals surface area (Å²) in [5.74, 6) is -0.539. The van der Waals surface area contributed by atoms with Crippen LogP contribution in [-0.2, 0) is 22.7 Å². The predicted molar refractivity (Wildman–Crippen MR) is 133 cm³/mol. The van der Waals surface area contributed by atoms with Gasteiger partial charge in [0.1, 0.15) is 36.1 Å². The first-order valence-corrected chi connectivity index (χ1v) is 11.3. The second-order valence-corrected chi connectivity index (χ2v) is 7.83. The second kappa shape index (κ2) is 12.2. The van der Waals surface area contributed by atoms with Crippen molar-refractivity contribution < 1.29 is 28.2 Å². The zero-order valence-electron chi connectivity index (χ0n) is 19.4. The topological polar surface area (TPSA) is 73.9 Å². The molecule has 0 bridgehead atoms. The average molecular weight is 486 g/mol. The van der Waals surface area contributed by atoms with Gasteiger partial charge in [0, 0.05) is 5.69 Å². The SMILES string of the molecule is O=C(COC(=O)c1ccccc1OCc1ccc(F)cc1)Nc1ccc(OCc2ccccc2)cc1. The number of benzene rings is 4. The van der Waals surface area contributed by atoms with E-state index in [4.69, 9.17) is 14.2 Å². The molecule has 0 heterocycles. The third-order valence-electron chi connectivity index (χ3n) is 5.14. The summed E-state index contributed by atoms with van der Waals surface area (Å²) in [6, 6.07) is 29.1. The number of halogens is 1. The van der Waals surface area contributed by atoms with Gasteiger partial charge in [-0.25, -0.2) is 9.18 Å². The molecule has 0 unspecified atom stereocenters. The van der Waals surface area contributed by atoms with E-state index < -0.39 is 18.5 Å². The van der Waals surface area contributed by atoms with Crippen molar-refractivity contribution in [3.8, 4) is 11.5 Å². The molecule has 0 saturated carbocycles. The lowest BCUT2D eigenvalue weighted by molar-refractivity contribution is -0.119. The van der Waals surface area contributed by atoms with Crippen molar-refractivity contribution in [2.24, 2.45) is 0 Å². The molecule has 0 aliphatic rings. The summed E-state index contributed by atoms with van der Waals surface area (Å²) in [6.45, 7) is 0.130. The Morgan fingerprint density at radius 3 is 2.08 bits per heavy atom. The van der Waals surface area contributed by atoms with Gasteiger partial charge in [-0.1, -0.05) is 54.6 Å². The highest BCUT2D eigenvalue weighted by molar-refractivity contribution is 5.96. The molecule has 4 rings (SSSR count). The van der Waals surface area contributed by atoms with Crippen LogP contribution < -0.4 is 14.8 Å². The fourth-order valence-corrected chi connectivity index (χ4v) is 3.28. The Kier molecular flexibility index (Phi) is 8.27. The lowest BCUT2D eigenvalue weighted by atomic mass is 10.2. The second-order valence-electron chi connectivity index (χ2n) is 7.83. The molecule has 4 aromatic rings. The van der Waals surface area contributed by atoms with Crippen molar-refractivity contribution >= 4 is 17.6 Å². The van der Waals surface area contributed by atoms with Gasteiger partial charge in [-0.15, -0.1) is 0 Å². The highest BCUT2D eigenvalue weighted by Gasteiger charge is 2.15. The third-order valence-corrected chi connectivity index (χ3v) is 5.14. The summed E-state index contributed by atoms with van der Waals surface area (Å²) in [7, 11) is 0. The van der Waals surface area contributed by atoms with Crippen LogP contribution in [0.5, 0.6) is 11.5 Å². The smallest absolute Gasteiger partial charge is 0.342 e. The fourth-order valence-electron chi connectivity index (χ4n) is 3.28.